The number of nitrogens with two attached hydrogens (primary N) is 1. The number of aromatic nitrogens is 2. The molecule has 0 spiro atoms. The quantitative estimate of drug-likeness (QED) is 0.597. The first-order valence-electron chi connectivity index (χ1n) is 7.41. The molecule has 0 saturated carbocycles. The molecule has 2 N–H and O–H groups in total. The molecule has 0 aliphatic rings. The van der Waals surface area contributed by atoms with Crippen LogP contribution < -0.4 is 5.73 Å². The summed E-state index contributed by atoms with van der Waals surface area (Å²) in [4.78, 5) is 11.2. The highest BCUT2D eigenvalue weighted by atomic mass is 16.1. The molecular weight excluding hydrogens is 262 g/mol. The first kappa shape index (κ1) is 15.1. The highest BCUT2D eigenvalue weighted by Crippen LogP contribution is 2.16. The number of carbonyl (C=O) groups is 1. The molecule has 1 heterocycles. The van der Waals surface area contributed by atoms with Gasteiger partial charge in [0.25, 0.3) is 0 Å². The topological polar surface area (TPSA) is 60.9 Å². The lowest BCUT2D eigenvalue weighted by Crippen LogP contribution is -2.10. The Morgan fingerprint density at radius 1 is 1.24 bits per heavy atom. The zero-order chi connectivity index (χ0) is 15.1. The second-order valence-electron chi connectivity index (χ2n) is 5.23. The second-order valence-corrected chi connectivity index (χ2v) is 5.23. The van der Waals surface area contributed by atoms with Gasteiger partial charge in [-0.15, -0.1) is 12.3 Å². The van der Waals surface area contributed by atoms with Gasteiger partial charge in [0, 0.05) is 23.9 Å². The summed E-state index contributed by atoms with van der Waals surface area (Å²) in [6, 6.07) is 5.46. The third kappa shape index (κ3) is 4.09. The fourth-order valence-electron chi connectivity index (χ4n) is 2.44. The maximum Gasteiger partial charge on any atom is 0.248 e. The molecule has 1 amide bonds. The SMILES string of the molecule is C#CCCCCCCCn1ncc2cc(C(N)=O)ccc21. The van der Waals surface area contributed by atoms with E-state index in [2.05, 4.69) is 11.0 Å². The summed E-state index contributed by atoms with van der Waals surface area (Å²) in [5, 5.41) is 5.34. The third-order valence-corrected chi connectivity index (χ3v) is 3.62. The van der Waals surface area contributed by atoms with Gasteiger partial charge in [-0.25, -0.2) is 0 Å². The Bertz CT molecular complexity index is 652. The lowest BCUT2D eigenvalue weighted by atomic mass is 10.1. The normalized spacial score (nSPS) is 10.6. The first-order chi connectivity index (χ1) is 10.2. The van der Waals surface area contributed by atoms with Crippen LogP contribution in [0.4, 0.5) is 0 Å². The van der Waals surface area contributed by atoms with Crippen molar-refractivity contribution < 1.29 is 4.79 Å². The van der Waals surface area contributed by atoms with Crippen molar-refractivity contribution in [2.75, 3.05) is 0 Å². The van der Waals surface area contributed by atoms with Crippen LogP contribution >= 0.6 is 0 Å². The average Bonchev–Trinajstić information content (AvgIpc) is 2.88. The van der Waals surface area contributed by atoms with Crippen molar-refractivity contribution >= 4 is 16.8 Å². The van der Waals surface area contributed by atoms with Gasteiger partial charge in [0.2, 0.25) is 5.91 Å². The van der Waals surface area contributed by atoms with Gasteiger partial charge in [-0.1, -0.05) is 19.3 Å². The molecule has 0 atom stereocenters. The van der Waals surface area contributed by atoms with Crippen molar-refractivity contribution in [2.45, 2.75) is 45.1 Å². The monoisotopic (exact) mass is 283 g/mol. The molecule has 110 valence electrons. The van der Waals surface area contributed by atoms with Gasteiger partial charge in [-0.2, -0.15) is 5.10 Å². The van der Waals surface area contributed by atoms with E-state index in [0.717, 1.165) is 36.7 Å². The van der Waals surface area contributed by atoms with Crippen molar-refractivity contribution in [3.63, 3.8) is 0 Å². The predicted molar refractivity (Wildman–Crippen MR) is 84.8 cm³/mol. The van der Waals surface area contributed by atoms with E-state index in [1.54, 1.807) is 18.3 Å². The summed E-state index contributed by atoms with van der Waals surface area (Å²) in [5.74, 6) is 2.26. The van der Waals surface area contributed by atoms with Crippen LogP contribution in [0.2, 0.25) is 0 Å². The minimum absolute atomic E-state index is 0.406. The predicted octanol–water partition coefficient (Wildman–Crippen LogP) is 3.11. The smallest absolute Gasteiger partial charge is 0.248 e. The molecule has 4 nitrogen and oxygen atoms in total. The number of carbonyl (C=O) groups excluding carboxylic acids is 1. The molecule has 0 bridgehead atoms. The zero-order valence-corrected chi connectivity index (χ0v) is 12.2. The average molecular weight is 283 g/mol. The second kappa shape index (κ2) is 7.49. The highest BCUT2D eigenvalue weighted by molar-refractivity contribution is 5.96. The number of terminal acetylenes is 1. The summed E-state index contributed by atoms with van der Waals surface area (Å²) < 4.78 is 1.99. The number of rotatable bonds is 8. The Hall–Kier alpha value is -2.28. The van der Waals surface area contributed by atoms with E-state index in [1.165, 1.54) is 19.3 Å². The van der Waals surface area contributed by atoms with Gasteiger partial charge in [-0.3, -0.25) is 9.48 Å². The maximum atomic E-state index is 11.2. The number of fused-ring (bicyclic) bond motifs is 1. The largest absolute Gasteiger partial charge is 0.366 e. The van der Waals surface area contributed by atoms with E-state index in [0.29, 0.717) is 5.56 Å². The molecule has 21 heavy (non-hydrogen) atoms. The van der Waals surface area contributed by atoms with E-state index in [1.807, 2.05) is 10.7 Å². The molecule has 0 fully saturated rings. The first-order valence-corrected chi connectivity index (χ1v) is 7.41. The Labute approximate surface area is 125 Å². The zero-order valence-electron chi connectivity index (χ0n) is 12.2. The third-order valence-electron chi connectivity index (χ3n) is 3.62. The van der Waals surface area contributed by atoms with Gasteiger partial charge in [0.15, 0.2) is 0 Å². The van der Waals surface area contributed by atoms with Crippen molar-refractivity contribution in [2.24, 2.45) is 5.73 Å². The number of unbranched alkanes of at least 4 members (excludes halogenated alkanes) is 5. The van der Waals surface area contributed by atoms with Crippen LogP contribution in [0.1, 0.15) is 48.9 Å². The fraction of sp³-hybridized carbons (Fsp3) is 0.412. The lowest BCUT2D eigenvalue weighted by molar-refractivity contribution is 0.100. The van der Waals surface area contributed by atoms with Gasteiger partial charge >= 0.3 is 0 Å². The molecule has 0 saturated heterocycles. The number of aryl methyl sites for hydroxylation is 1. The van der Waals surface area contributed by atoms with Crippen LogP contribution in [0.15, 0.2) is 24.4 Å². The van der Waals surface area contributed by atoms with Crippen LogP contribution in [0.25, 0.3) is 10.9 Å². The van der Waals surface area contributed by atoms with Crippen LogP contribution in [-0.2, 0) is 6.54 Å². The lowest BCUT2D eigenvalue weighted by Gasteiger charge is -2.04. The molecule has 2 rings (SSSR count). The van der Waals surface area contributed by atoms with Crippen LogP contribution in [0.5, 0.6) is 0 Å². The Morgan fingerprint density at radius 3 is 2.76 bits per heavy atom. The van der Waals surface area contributed by atoms with Gasteiger partial charge in [0.1, 0.15) is 0 Å². The Morgan fingerprint density at radius 2 is 2.00 bits per heavy atom. The summed E-state index contributed by atoms with van der Waals surface area (Å²) in [6.45, 7) is 0.897. The van der Waals surface area contributed by atoms with Crippen LogP contribution in [0, 0.1) is 12.3 Å². The Balaban J connectivity index is 1.86. The molecule has 4 heteroatoms. The van der Waals surface area contributed by atoms with Crippen LogP contribution in [0.3, 0.4) is 0 Å². The van der Waals surface area contributed by atoms with Crippen molar-refractivity contribution in [3.05, 3.63) is 30.0 Å². The molecule has 2 aromatic rings. The summed E-state index contributed by atoms with van der Waals surface area (Å²) in [5.41, 5.74) is 6.85. The molecular formula is C17H21N3O. The number of amides is 1. The highest BCUT2D eigenvalue weighted by Gasteiger charge is 2.06. The summed E-state index contributed by atoms with van der Waals surface area (Å²) >= 11 is 0. The van der Waals surface area contributed by atoms with E-state index in [9.17, 15) is 4.79 Å². The van der Waals surface area contributed by atoms with E-state index in [4.69, 9.17) is 12.2 Å². The molecule has 0 aliphatic carbocycles. The molecule has 0 unspecified atom stereocenters. The van der Waals surface area contributed by atoms with Crippen molar-refractivity contribution in [1.82, 2.24) is 9.78 Å². The van der Waals surface area contributed by atoms with Crippen molar-refractivity contribution in [3.8, 4) is 12.3 Å². The number of hydrogen-bond acceptors (Lipinski definition) is 2. The standard InChI is InChI=1S/C17H21N3O/c1-2-3-4-5-6-7-8-11-20-16-10-9-14(17(18)21)12-15(16)13-19-20/h1,9-10,12-13H,3-8,11H2,(H2,18,21). The van der Waals surface area contributed by atoms with E-state index in [-0.39, 0.29) is 0 Å². The van der Waals surface area contributed by atoms with Gasteiger partial charge in [-0.05, 0) is 31.0 Å². The molecule has 0 aliphatic heterocycles. The fourth-order valence-corrected chi connectivity index (χ4v) is 2.44. The van der Waals surface area contributed by atoms with E-state index < -0.39 is 5.91 Å². The van der Waals surface area contributed by atoms with Crippen LogP contribution in [-0.4, -0.2) is 15.7 Å². The number of nitrogens with zero attached hydrogens (tertiary/aromatic N) is 2. The summed E-state index contributed by atoms with van der Waals surface area (Å²) in [6.07, 6.45) is 13.7. The number of benzene rings is 1. The molecule has 0 radical (unpaired) electrons. The van der Waals surface area contributed by atoms with Gasteiger partial charge < -0.3 is 5.73 Å². The molecule has 1 aromatic carbocycles. The molecule has 1 aromatic heterocycles. The summed E-state index contributed by atoms with van der Waals surface area (Å²) in [7, 11) is 0. The van der Waals surface area contributed by atoms with Crippen molar-refractivity contribution in [1.29, 1.82) is 0 Å². The number of primary amides is 1. The van der Waals surface area contributed by atoms with E-state index >= 15 is 0 Å². The minimum atomic E-state index is -0.406. The number of hydrogen-bond donors (Lipinski definition) is 1. The Kier molecular flexibility index (Phi) is 5.39. The van der Waals surface area contributed by atoms with Gasteiger partial charge in [0.05, 0.1) is 11.7 Å². The minimum Gasteiger partial charge on any atom is -0.366 e. The maximum absolute atomic E-state index is 11.2.